The first-order valence-electron chi connectivity index (χ1n) is 11.4. The number of allylic oxidation sites excluding steroid dienone is 9. The molecule has 6 nitrogen and oxygen atoms in total. The number of hydrogen-bond donors (Lipinski definition) is 4. The Morgan fingerprint density at radius 1 is 1.09 bits per heavy atom. The molecule has 0 aromatic rings. The quantitative estimate of drug-likeness (QED) is 0.425. The summed E-state index contributed by atoms with van der Waals surface area (Å²) in [6, 6.07) is 0. The Labute approximate surface area is 192 Å². The lowest BCUT2D eigenvalue weighted by molar-refractivity contribution is -0.298. The minimum atomic E-state index is -1.43. The van der Waals surface area contributed by atoms with E-state index < -0.39 is 37.3 Å². The largest absolute Gasteiger partial charge is 0.394 e. The molecular weight excluding hydrogens is 408 g/mol. The van der Waals surface area contributed by atoms with Crippen LogP contribution in [0.1, 0.15) is 53.9 Å². The van der Waals surface area contributed by atoms with Gasteiger partial charge in [0.15, 0.2) is 6.29 Å². The van der Waals surface area contributed by atoms with Crippen LogP contribution in [-0.4, -0.2) is 64.3 Å². The van der Waals surface area contributed by atoms with E-state index >= 15 is 0 Å². The Bertz CT molecular complexity index is 771. The number of hydrogen-bond acceptors (Lipinski definition) is 6. The van der Waals surface area contributed by atoms with Gasteiger partial charge in [-0.05, 0) is 51.0 Å². The molecule has 1 saturated heterocycles. The van der Waals surface area contributed by atoms with Crippen LogP contribution in [0.3, 0.4) is 0 Å². The second kappa shape index (κ2) is 12.1. The molecule has 0 bridgehead atoms. The zero-order valence-electron chi connectivity index (χ0n) is 20.0. The minimum Gasteiger partial charge on any atom is -0.394 e. The van der Waals surface area contributed by atoms with Gasteiger partial charge in [-0.15, -0.1) is 0 Å². The van der Waals surface area contributed by atoms with Crippen molar-refractivity contribution in [3.63, 3.8) is 0 Å². The van der Waals surface area contributed by atoms with Crippen LogP contribution in [0, 0.1) is 5.41 Å². The molecule has 180 valence electrons. The van der Waals surface area contributed by atoms with Crippen LogP contribution < -0.4 is 0 Å². The van der Waals surface area contributed by atoms with Gasteiger partial charge in [-0.3, -0.25) is 0 Å². The van der Waals surface area contributed by atoms with Gasteiger partial charge in [-0.2, -0.15) is 0 Å². The number of ether oxygens (including phenoxy) is 2. The number of aliphatic hydroxyl groups excluding tert-OH is 4. The summed E-state index contributed by atoms with van der Waals surface area (Å²) in [5.74, 6) is 0. The van der Waals surface area contributed by atoms with Gasteiger partial charge in [-0.25, -0.2) is 0 Å². The van der Waals surface area contributed by atoms with Crippen LogP contribution >= 0.6 is 0 Å². The van der Waals surface area contributed by atoms with E-state index in [0.717, 1.165) is 11.1 Å². The molecule has 0 aromatic carbocycles. The molecular formula is C26H40O6. The minimum absolute atomic E-state index is 0.157. The van der Waals surface area contributed by atoms with Crippen LogP contribution in [0.2, 0.25) is 0 Å². The second-order valence-corrected chi connectivity index (χ2v) is 9.51. The highest BCUT2D eigenvalue weighted by atomic mass is 16.7. The van der Waals surface area contributed by atoms with E-state index in [2.05, 4.69) is 45.9 Å². The molecule has 1 fully saturated rings. The predicted molar refractivity (Wildman–Crippen MR) is 126 cm³/mol. The van der Waals surface area contributed by atoms with Crippen molar-refractivity contribution in [1.82, 2.24) is 0 Å². The SMILES string of the molecule is CC1=C(/C=C/C(C)=C\C=C\C(C)=C/CO[C@H]2O[C@H](CO)[C@@H](O)[C@@H](O)[C@H]2O)C(C)(C)CCC1. The van der Waals surface area contributed by atoms with Gasteiger partial charge in [0.2, 0.25) is 0 Å². The standard InChI is InChI=1S/C26H40O6/c1-17(11-12-20-19(3)10-7-14-26(20,4)5)8-6-9-18(2)13-15-31-25-24(30)23(29)22(28)21(16-27)32-25/h6,8-9,11-13,21-25,27-30H,7,10,14-16H2,1-5H3/b9-6+,12-11+,17-8-,18-13-/t21-,22-,23-,24-,25+/m1/s1. The molecule has 5 atom stereocenters. The zero-order chi connectivity index (χ0) is 23.9. The van der Waals surface area contributed by atoms with E-state index in [0.29, 0.717) is 0 Å². The molecule has 2 aliphatic rings. The molecule has 1 aliphatic carbocycles. The highest BCUT2D eigenvalue weighted by Crippen LogP contribution is 2.40. The fraction of sp³-hybridized carbons (Fsp3) is 0.615. The average Bonchev–Trinajstić information content (AvgIpc) is 2.73. The summed E-state index contributed by atoms with van der Waals surface area (Å²) in [6.45, 7) is 10.6. The molecule has 0 saturated carbocycles. The van der Waals surface area contributed by atoms with Gasteiger partial charge in [0.1, 0.15) is 24.4 Å². The van der Waals surface area contributed by atoms with Crippen LogP contribution in [-0.2, 0) is 9.47 Å². The van der Waals surface area contributed by atoms with Crippen LogP contribution in [0.15, 0.2) is 58.7 Å². The first-order chi connectivity index (χ1) is 15.1. The van der Waals surface area contributed by atoms with Gasteiger partial charge >= 0.3 is 0 Å². The summed E-state index contributed by atoms with van der Waals surface area (Å²) in [5, 5.41) is 38.8. The summed E-state index contributed by atoms with van der Waals surface area (Å²) in [4.78, 5) is 0. The van der Waals surface area contributed by atoms with E-state index in [1.807, 2.05) is 25.2 Å². The molecule has 0 spiro atoms. The molecule has 1 heterocycles. The summed E-state index contributed by atoms with van der Waals surface area (Å²) >= 11 is 0. The fourth-order valence-corrected chi connectivity index (χ4v) is 4.18. The van der Waals surface area contributed by atoms with Crippen molar-refractivity contribution in [3.8, 4) is 0 Å². The smallest absolute Gasteiger partial charge is 0.187 e. The molecule has 1 aliphatic heterocycles. The van der Waals surface area contributed by atoms with Crippen molar-refractivity contribution in [3.05, 3.63) is 58.7 Å². The maximum absolute atomic E-state index is 9.99. The lowest BCUT2D eigenvalue weighted by atomic mass is 9.72. The topological polar surface area (TPSA) is 99.4 Å². The van der Waals surface area contributed by atoms with Crippen LogP contribution in [0.5, 0.6) is 0 Å². The fourth-order valence-electron chi connectivity index (χ4n) is 4.18. The van der Waals surface area contributed by atoms with Gasteiger partial charge < -0.3 is 29.9 Å². The van der Waals surface area contributed by atoms with Crippen LogP contribution in [0.4, 0.5) is 0 Å². The number of aliphatic hydroxyl groups is 4. The normalized spacial score (nSPS) is 32.3. The Balaban J connectivity index is 1.88. The van der Waals surface area contributed by atoms with Gasteiger partial charge in [0.25, 0.3) is 0 Å². The van der Waals surface area contributed by atoms with E-state index in [1.54, 1.807) is 0 Å². The van der Waals surface area contributed by atoms with Gasteiger partial charge in [0.05, 0.1) is 13.2 Å². The second-order valence-electron chi connectivity index (χ2n) is 9.51. The van der Waals surface area contributed by atoms with E-state index in [-0.39, 0.29) is 12.0 Å². The highest BCUT2D eigenvalue weighted by Gasteiger charge is 2.43. The lowest BCUT2D eigenvalue weighted by Crippen LogP contribution is -2.59. The average molecular weight is 449 g/mol. The molecule has 2 rings (SSSR count). The number of rotatable bonds is 8. The maximum atomic E-state index is 9.99. The third-order valence-electron chi connectivity index (χ3n) is 6.29. The Hall–Kier alpha value is -1.54. The van der Waals surface area contributed by atoms with E-state index in [9.17, 15) is 20.4 Å². The predicted octanol–water partition coefficient (Wildman–Crippen LogP) is 3.33. The van der Waals surface area contributed by atoms with E-state index in [4.69, 9.17) is 9.47 Å². The first-order valence-corrected chi connectivity index (χ1v) is 11.4. The van der Waals surface area contributed by atoms with Crippen molar-refractivity contribution >= 4 is 0 Å². The lowest BCUT2D eigenvalue weighted by Gasteiger charge is -2.39. The maximum Gasteiger partial charge on any atom is 0.187 e. The summed E-state index contributed by atoms with van der Waals surface area (Å²) in [7, 11) is 0. The van der Waals surface area contributed by atoms with Crippen molar-refractivity contribution in [1.29, 1.82) is 0 Å². The summed E-state index contributed by atoms with van der Waals surface area (Å²) in [5.41, 5.74) is 5.29. The summed E-state index contributed by atoms with van der Waals surface area (Å²) < 4.78 is 10.8. The van der Waals surface area contributed by atoms with Crippen molar-refractivity contribution in [2.45, 2.75) is 84.6 Å². The van der Waals surface area contributed by atoms with Crippen molar-refractivity contribution in [2.75, 3.05) is 13.2 Å². The van der Waals surface area contributed by atoms with Crippen LogP contribution in [0.25, 0.3) is 0 Å². The van der Waals surface area contributed by atoms with Crippen molar-refractivity contribution in [2.24, 2.45) is 5.41 Å². The zero-order valence-corrected chi connectivity index (χ0v) is 20.0. The monoisotopic (exact) mass is 448 g/mol. The van der Waals surface area contributed by atoms with Gasteiger partial charge in [0, 0.05) is 0 Å². The summed E-state index contributed by atoms with van der Waals surface area (Å²) in [6.07, 6.45) is 9.62. The third kappa shape index (κ3) is 7.24. The first kappa shape index (κ1) is 26.7. The Morgan fingerprint density at radius 2 is 1.81 bits per heavy atom. The molecule has 0 radical (unpaired) electrons. The molecule has 4 N–H and O–H groups in total. The van der Waals surface area contributed by atoms with Crippen molar-refractivity contribution < 1.29 is 29.9 Å². The molecule has 0 aromatic heterocycles. The Morgan fingerprint density at radius 3 is 2.47 bits per heavy atom. The molecule has 0 unspecified atom stereocenters. The molecule has 0 amide bonds. The third-order valence-corrected chi connectivity index (χ3v) is 6.29. The molecule has 6 heteroatoms. The Kier molecular flexibility index (Phi) is 10.1. The van der Waals surface area contributed by atoms with Gasteiger partial charge in [-0.1, -0.05) is 67.0 Å². The van der Waals surface area contributed by atoms with E-state index in [1.165, 1.54) is 30.4 Å². The highest BCUT2D eigenvalue weighted by molar-refractivity contribution is 5.37. The molecule has 32 heavy (non-hydrogen) atoms.